The lowest BCUT2D eigenvalue weighted by molar-refractivity contribution is -0.385. The Morgan fingerprint density at radius 3 is 3.05 bits per heavy atom. The van der Waals surface area contributed by atoms with Crippen molar-refractivity contribution in [1.29, 1.82) is 0 Å². The summed E-state index contributed by atoms with van der Waals surface area (Å²) in [5, 5.41) is 14.0. The van der Waals surface area contributed by atoms with Crippen LogP contribution in [0.15, 0.2) is 18.2 Å². The third-order valence-electron chi connectivity index (χ3n) is 3.30. The molecule has 1 fully saturated rings. The Hall–Kier alpha value is -1.86. The first-order valence-corrected chi connectivity index (χ1v) is 6.49. The van der Waals surface area contributed by atoms with Gasteiger partial charge in [-0.25, -0.2) is 0 Å². The maximum Gasteiger partial charge on any atom is 0.311 e. The molecule has 1 atom stereocenters. The summed E-state index contributed by atoms with van der Waals surface area (Å²) in [4.78, 5) is 12.6. The van der Waals surface area contributed by atoms with Gasteiger partial charge in [0, 0.05) is 37.5 Å². The Morgan fingerprint density at radius 2 is 2.40 bits per heavy atom. The largest absolute Gasteiger partial charge is 0.490 e. The van der Waals surface area contributed by atoms with E-state index in [1.165, 1.54) is 13.2 Å². The van der Waals surface area contributed by atoms with Crippen LogP contribution in [0.5, 0.6) is 5.75 Å². The molecule has 20 heavy (non-hydrogen) atoms. The zero-order valence-electron chi connectivity index (χ0n) is 11.7. The standard InChI is InChI=1S/C13H19N3O4/c1-14-8-11-9-15(5-6-20-11)10-3-4-12(16(17)18)13(7-10)19-2/h3-4,7,11,14H,5-6,8-9H2,1-2H3. The molecule has 1 aliphatic rings. The van der Waals surface area contributed by atoms with Gasteiger partial charge in [0.2, 0.25) is 0 Å². The van der Waals surface area contributed by atoms with Gasteiger partial charge in [0.1, 0.15) is 0 Å². The molecule has 1 saturated heterocycles. The van der Waals surface area contributed by atoms with Crippen LogP contribution in [0.3, 0.4) is 0 Å². The van der Waals surface area contributed by atoms with Crippen LogP contribution >= 0.6 is 0 Å². The lowest BCUT2D eigenvalue weighted by Gasteiger charge is -2.34. The van der Waals surface area contributed by atoms with Gasteiger partial charge in [-0.15, -0.1) is 0 Å². The number of likely N-dealkylation sites (N-methyl/N-ethyl adjacent to an activating group) is 1. The number of anilines is 1. The molecule has 1 heterocycles. The quantitative estimate of drug-likeness (QED) is 0.641. The molecule has 1 N–H and O–H groups in total. The monoisotopic (exact) mass is 281 g/mol. The second-order valence-electron chi connectivity index (χ2n) is 4.61. The van der Waals surface area contributed by atoms with Crippen LogP contribution in [-0.2, 0) is 4.74 Å². The van der Waals surface area contributed by atoms with Crippen LogP contribution in [0.2, 0.25) is 0 Å². The molecule has 0 aliphatic carbocycles. The average molecular weight is 281 g/mol. The molecule has 110 valence electrons. The van der Waals surface area contributed by atoms with Gasteiger partial charge in [-0.05, 0) is 13.1 Å². The molecule has 7 nitrogen and oxygen atoms in total. The molecular formula is C13H19N3O4. The number of hydrogen-bond acceptors (Lipinski definition) is 6. The summed E-state index contributed by atoms with van der Waals surface area (Å²) in [7, 11) is 3.33. The van der Waals surface area contributed by atoms with E-state index in [1.54, 1.807) is 12.1 Å². The Balaban J connectivity index is 2.18. The molecule has 7 heteroatoms. The molecular weight excluding hydrogens is 262 g/mol. The highest BCUT2D eigenvalue weighted by Crippen LogP contribution is 2.31. The van der Waals surface area contributed by atoms with Gasteiger partial charge in [-0.3, -0.25) is 10.1 Å². The first kappa shape index (κ1) is 14.5. The summed E-state index contributed by atoms with van der Waals surface area (Å²) in [6.45, 7) is 2.94. The molecule has 0 bridgehead atoms. The molecule has 1 aromatic carbocycles. The SMILES string of the molecule is CNCC1CN(c2ccc([N+](=O)[O-])c(OC)c2)CCO1. The summed E-state index contributed by atoms with van der Waals surface area (Å²) in [6, 6.07) is 4.94. The van der Waals surface area contributed by atoms with Gasteiger partial charge in [0.15, 0.2) is 5.75 Å². The summed E-state index contributed by atoms with van der Waals surface area (Å²) in [6.07, 6.45) is 0.120. The number of methoxy groups -OCH3 is 1. The van der Waals surface area contributed by atoms with Crippen molar-refractivity contribution in [2.75, 3.05) is 45.3 Å². The van der Waals surface area contributed by atoms with Crippen molar-refractivity contribution < 1.29 is 14.4 Å². The van der Waals surface area contributed by atoms with Crippen LogP contribution in [0.1, 0.15) is 0 Å². The van der Waals surface area contributed by atoms with Crippen molar-refractivity contribution >= 4 is 11.4 Å². The number of nitrogens with one attached hydrogen (secondary N) is 1. The van der Waals surface area contributed by atoms with E-state index in [4.69, 9.17) is 9.47 Å². The van der Waals surface area contributed by atoms with E-state index in [0.717, 1.165) is 25.3 Å². The number of ether oxygens (including phenoxy) is 2. The normalized spacial score (nSPS) is 18.9. The van der Waals surface area contributed by atoms with E-state index in [-0.39, 0.29) is 17.5 Å². The van der Waals surface area contributed by atoms with E-state index in [0.29, 0.717) is 6.61 Å². The van der Waals surface area contributed by atoms with E-state index in [9.17, 15) is 10.1 Å². The Kier molecular flexibility index (Phi) is 4.75. The predicted octanol–water partition coefficient (Wildman–Crippen LogP) is 1.03. The van der Waals surface area contributed by atoms with E-state index in [1.807, 2.05) is 7.05 Å². The molecule has 1 aromatic rings. The van der Waals surface area contributed by atoms with Crippen LogP contribution in [0.4, 0.5) is 11.4 Å². The maximum absolute atomic E-state index is 10.9. The lowest BCUT2D eigenvalue weighted by atomic mass is 10.2. The van der Waals surface area contributed by atoms with Gasteiger partial charge in [-0.1, -0.05) is 0 Å². The van der Waals surface area contributed by atoms with Gasteiger partial charge in [0.05, 0.1) is 24.7 Å². The number of nitrogens with zero attached hydrogens (tertiary/aromatic N) is 2. The molecule has 0 radical (unpaired) electrons. The topological polar surface area (TPSA) is 76.9 Å². The summed E-state index contributed by atoms with van der Waals surface area (Å²) >= 11 is 0. The summed E-state index contributed by atoms with van der Waals surface area (Å²) < 4.78 is 10.7. The van der Waals surface area contributed by atoms with Crippen LogP contribution < -0.4 is 15.0 Å². The van der Waals surface area contributed by atoms with E-state index >= 15 is 0 Å². The Bertz CT molecular complexity index is 479. The van der Waals surface area contributed by atoms with Gasteiger partial charge >= 0.3 is 5.69 Å². The van der Waals surface area contributed by atoms with Crippen molar-refractivity contribution in [3.8, 4) is 5.75 Å². The molecule has 0 saturated carbocycles. The minimum absolute atomic E-state index is 0.0173. The first-order chi connectivity index (χ1) is 9.65. The van der Waals surface area contributed by atoms with E-state index in [2.05, 4.69) is 10.2 Å². The fraction of sp³-hybridized carbons (Fsp3) is 0.538. The third kappa shape index (κ3) is 3.17. The zero-order valence-corrected chi connectivity index (χ0v) is 11.7. The Labute approximate surface area is 117 Å². The summed E-state index contributed by atoms with van der Waals surface area (Å²) in [5.41, 5.74) is 0.896. The smallest absolute Gasteiger partial charge is 0.311 e. The summed E-state index contributed by atoms with van der Waals surface area (Å²) in [5.74, 6) is 0.282. The molecule has 0 spiro atoms. The third-order valence-corrected chi connectivity index (χ3v) is 3.30. The lowest BCUT2D eigenvalue weighted by Crippen LogP contribution is -2.46. The predicted molar refractivity (Wildman–Crippen MR) is 75.5 cm³/mol. The second-order valence-corrected chi connectivity index (χ2v) is 4.61. The number of nitro benzene ring substituents is 1. The highest BCUT2D eigenvalue weighted by molar-refractivity contribution is 5.59. The van der Waals surface area contributed by atoms with Crippen molar-refractivity contribution in [2.45, 2.75) is 6.10 Å². The number of rotatable bonds is 5. The molecule has 1 unspecified atom stereocenters. The van der Waals surface area contributed by atoms with Gasteiger partial charge in [0.25, 0.3) is 0 Å². The molecule has 2 rings (SSSR count). The minimum Gasteiger partial charge on any atom is -0.490 e. The first-order valence-electron chi connectivity index (χ1n) is 6.49. The minimum atomic E-state index is -0.439. The van der Waals surface area contributed by atoms with Crippen LogP contribution in [0, 0.1) is 10.1 Å². The number of morpholine rings is 1. The average Bonchev–Trinajstić information content (AvgIpc) is 2.47. The maximum atomic E-state index is 10.9. The number of benzene rings is 1. The van der Waals surface area contributed by atoms with Crippen LogP contribution in [0.25, 0.3) is 0 Å². The fourth-order valence-corrected chi connectivity index (χ4v) is 2.32. The van der Waals surface area contributed by atoms with E-state index < -0.39 is 4.92 Å². The van der Waals surface area contributed by atoms with Gasteiger partial charge < -0.3 is 19.7 Å². The van der Waals surface area contributed by atoms with Crippen LogP contribution in [-0.4, -0.2) is 51.4 Å². The van der Waals surface area contributed by atoms with Crippen molar-refractivity contribution in [2.24, 2.45) is 0 Å². The molecule has 0 aromatic heterocycles. The zero-order chi connectivity index (χ0) is 14.5. The number of hydrogen-bond donors (Lipinski definition) is 1. The van der Waals surface area contributed by atoms with Crippen molar-refractivity contribution in [1.82, 2.24) is 5.32 Å². The van der Waals surface area contributed by atoms with Gasteiger partial charge in [-0.2, -0.15) is 0 Å². The molecule has 0 amide bonds. The molecule has 1 aliphatic heterocycles. The van der Waals surface area contributed by atoms with Crippen molar-refractivity contribution in [3.05, 3.63) is 28.3 Å². The Morgan fingerprint density at radius 1 is 1.60 bits per heavy atom. The highest BCUT2D eigenvalue weighted by atomic mass is 16.6. The fourth-order valence-electron chi connectivity index (χ4n) is 2.32. The van der Waals surface area contributed by atoms with Crippen molar-refractivity contribution in [3.63, 3.8) is 0 Å². The second kappa shape index (κ2) is 6.53. The number of nitro groups is 1. The highest BCUT2D eigenvalue weighted by Gasteiger charge is 2.22.